The number of piperidine rings is 1. The van der Waals surface area contributed by atoms with Crippen molar-refractivity contribution in [3.63, 3.8) is 0 Å². The van der Waals surface area contributed by atoms with Crippen LogP contribution in [0.2, 0.25) is 0 Å². The molecule has 0 atom stereocenters. The Kier molecular flexibility index (Phi) is 5.36. The number of halogens is 2. The lowest BCUT2D eigenvalue weighted by molar-refractivity contribution is 0.0966. The van der Waals surface area contributed by atoms with Crippen molar-refractivity contribution in [2.45, 2.75) is 25.8 Å². The van der Waals surface area contributed by atoms with Crippen LogP contribution in [0.15, 0.2) is 42.6 Å². The van der Waals surface area contributed by atoms with Gasteiger partial charge in [0.15, 0.2) is 0 Å². The Bertz CT molecular complexity index is 1260. The fourth-order valence-corrected chi connectivity index (χ4v) is 5.27. The van der Waals surface area contributed by atoms with Crippen molar-refractivity contribution in [1.29, 1.82) is 0 Å². The van der Waals surface area contributed by atoms with Crippen molar-refractivity contribution in [2.75, 3.05) is 36.5 Å². The number of ether oxygens (including phenoxy) is 1. The molecule has 35 heavy (non-hydrogen) atoms. The highest BCUT2D eigenvalue weighted by molar-refractivity contribution is 6.04. The molecule has 2 fully saturated rings. The molecule has 0 saturated carbocycles. The second-order valence-corrected chi connectivity index (χ2v) is 9.47. The average molecular weight is 478 g/mol. The smallest absolute Gasteiger partial charge is 0.255 e. The Morgan fingerprint density at radius 2 is 1.86 bits per heavy atom. The van der Waals surface area contributed by atoms with Gasteiger partial charge in [0.05, 0.1) is 53.2 Å². The highest BCUT2D eigenvalue weighted by atomic mass is 19.1. The van der Waals surface area contributed by atoms with Crippen LogP contribution < -0.4 is 15.5 Å². The van der Waals surface area contributed by atoms with Gasteiger partial charge in [0.25, 0.3) is 5.91 Å². The van der Waals surface area contributed by atoms with E-state index < -0.39 is 11.6 Å². The number of benzene rings is 1. The topological polar surface area (TPSA) is 79.4 Å². The van der Waals surface area contributed by atoms with Crippen molar-refractivity contribution in [3.05, 3.63) is 65.5 Å². The molecule has 1 aromatic carbocycles. The summed E-state index contributed by atoms with van der Waals surface area (Å²) in [6.07, 6.45) is 5.18. The quantitative estimate of drug-likeness (QED) is 0.579. The summed E-state index contributed by atoms with van der Waals surface area (Å²) in [6, 6.07) is 9.02. The first kappa shape index (κ1) is 21.9. The Labute approximate surface area is 201 Å². The van der Waals surface area contributed by atoms with Crippen LogP contribution in [-0.4, -0.2) is 42.2 Å². The fraction of sp³-hybridized carbons (Fsp3) is 0.346. The van der Waals surface area contributed by atoms with Crippen molar-refractivity contribution in [3.8, 4) is 11.3 Å². The summed E-state index contributed by atoms with van der Waals surface area (Å²) in [5.74, 6) is -1.18. The van der Waals surface area contributed by atoms with Gasteiger partial charge in [-0.2, -0.15) is 0 Å². The van der Waals surface area contributed by atoms with Gasteiger partial charge in [-0.15, -0.1) is 0 Å². The van der Waals surface area contributed by atoms with Gasteiger partial charge in [-0.3, -0.25) is 4.79 Å². The van der Waals surface area contributed by atoms with E-state index in [2.05, 4.69) is 25.5 Å². The summed E-state index contributed by atoms with van der Waals surface area (Å²) in [5, 5.41) is 5.89. The second-order valence-electron chi connectivity index (χ2n) is 9.47. The van der Waals surface area contributed by atoms with Crippen LogP contribution in [0.25, 0.3) is 11.3 Å². The number of aromatic nitrogens is 2. The minimum Gasteiger partial charge on any atom is -0.381 e. The number of pyridine rings is 2. The van der Waals surface area contributed by atoms with Gasteiger partial charge < -0.3 is 20.3 Å². The lowest BCUT2D eigenvalue weighted by Gasteiger charge is -2.39. The number of hydrogen-bond donors (Lipinski definition) is 2. The molecule has 6 rings (SSSR count). The number of hydrogen-bond acceptors (Lipinski definition) is 6. The molecule has 3 aliphatic rings. The van der Waals surface area contributed by atoms with Gasteiger partial charge in [0.2, 0.25) is 0 Å². The third-order valence-corrected chi connectivity index (χ3v) is 7.34. The van der Waals surface area contributed by atoms with Gasteiger partial charge >= 0.3 is 0 Å². The number of fused-ring (bicyclic) bond motifs is 1. The summed E-state index contributed by atoms with van der Waals surface area (Å²) in [6.45, 7) is 3.86. The monoisotopic (exact) mass is 477 g/mol. The van der Waals surface area contributed by atoms with Gasteiger partial charge in [-0.25, -0.2) is 18.7 Å². The summed E-state index contributed by atoms with van der Waals surface area (Å²) >= 11 is 0. The van der Waals surface area contributed by atoms with E-state index in [1.54, 1.807) is 0 Å². The standard InChI is InChI=1S/C26H25F2N5O2/c27-17-2-1-3-18(28)23(17)19-12-20(24-21(31-19)14-30-25(24)34)32-22-5-4-16(13-29-22)33-9-6-26(7-10-33)8-11-35-15-26/h1-5,12-13H,6-11,14-15H2,(H,30,34)(H,29,31,32). The van der Waals surface area contributed by atoms with Crippen LogP contribution in [-0.2, 0) is 11.3 Å². The van der Waals surface area contributed by atoms with Gasteiger partial charge in [0, 0.05) is 19.7 Å². The van der Waals surface area contributed by atoms with Crippen LogP contribution >= 0.6 is 0 Å². The number of rotatable bonds is 4. The van der Waals surface area contributed by atoms with Crippen LogP contribution in [0.5, 0.6) is 0 Å². The van der Waals surface area contributed by atoms with Gasteiger partial charge in [-0.05, 0) is 55.0 Å². The van der Waals surface area contributed by atoms with E-state index in [4.69, 9.17) is 4.74 Å². The molecule has 180 valence electrons. The maximum atomic E-state index is 14.4. The zero-order chi connectivity index (χ0) is 24.0. The van der Waals surface area contributed by atoms with E-state index in [9.17, 15) is 13.6 Å². The number of carbonyl (C=O) groups excluding carboxylic acids is 1. The van der Waals surface area contributed by atoms with E-state index in [-0.39, 0.29) is 23.7 Å². The fourth-order valence-electron chi connectivity index (χ4n) is 5.27. The normalized spacial score (nSPS) is 18.6. The molecule has 1 amide bonds. The third kappa shape index (κ3) is 3.99. The number of amides is 1. The van der Waals surface area contributed by atoms with Crippen LogP contribution in [0.4, 0.5) is 26.0 Å². The SMILES string of the molecule is O=C1NCc2nc(-c3c(F)cccc3F)cc(Nc3ccc(N4CCC5(CCOC5)CC4)cn3)c21. The highest BCUT2D eigenvalue weighted by Gasteiger charge is 2.38. The van der Waals surface area contributed by atoms with Gasteiger partial charge in [0.1, 0.15) is 17.5 Å². The van der Waals surface area contributed by atoms with E-state index in [1.165, 1.54) is 24.3 Å². The summed E-state index contributed by atoms with van der Waals surface area (Å²) in [5.41, 5.74) is 2.47. The average Bonchev–Trinajstić information content (AvgIpc) is 3.47. The Hall–Kier alpha value is -3.59. The molecule has 7 nitrogen and oxygen atoms in total. The predicted octanol–water partition coefficient (Wildman–Crippen LogP) is 4.42. The van der Waals surface area contributed by atoms with Crippen molar-refractivity contribution in [1.82, 2.24) is 15.3 Å². The summed E-state index contributed by atoms with van der Waals surface area (Å²) < 4.78 is 34.5. The van der Waals surface area contributed by atoms with Crippen LogP contribution in [0.1, 0.15) is 35.3 Å². The third-order valence-electron chi connectivity index (χ3n) is 7.34. The largest absolute Gasteiger partial charge is 0.381 e. The lowest BCUT2D eigenvalue weighted by Crippen LogP contribution is -2.40. The van der Waals surface area contributed by atoms with E-state index in [0.29, 0.717) is 28.2 Å². The molecular formula is C26H25F2N5O2. The van der Waals surface area contributed by atoms with E-state index in [1.807, 2.05) is 18.3 Å². The molecule has 9 heteroatoms. The Balaban J connectivity index is 1.26. The number of anilines is 3. The van der Waals surface area contributed by atoms with Crippen molar-refractivity contribution >= 4 is 23.1 Å². The van der Waals surface area contributed by atoms with E-state index in [0.717, 1.165) is 51.3 Å². The molecular weight excluding hydrogens is 452 g/mol. The van der Waals surface area contributed by atoms with Crippen molar-refractivity contribution in [2.24, 2.45) is 5.41 Å². The van der Waals surface area contributed by atoms with Crippen LogP contribution in [0.3, 0.4) is 0 Å². The molecule has 0 bridgehead atoms. The van der Waals surface area contributed by atoms with E-state index >= 15 is 0 Å². The molecule has 2 N–H and O–H groups in total. The maximum Gasteiger partial charge on any atom is 0.255 e. The molecule has 3 aliphatic heterocycles. The molecule has 0 aliphatic carbocycles. The number of nitrogens with zero attached hydrogens (tertiary/aromatic N) is 3. The molecule has 2 saturated heterocycles. The first-order valence-electron chi connectivity index (χ1n) is 11.8. The predicted molar refractivity (Wildman–Crippen MR) is 128 cm³/mol. The minimum absolute atomic E-state index is 0.119. The zero-order valence-electron chi connectivity index (χ0n) is 19.1. The first-order valence-corrected chi connectivity index (χ1v) is 11.8. The molecule has 0 unspecified atom stereocenters. The van der Waals surface area contributed by atoms with Gasteiger partial charge in [-0.1, -0.05) is 6.07 Å². The number of nitrogens with one attached hydrogen (secondary N) is 2. The highest BCUT2D eigenvalue weighted by Crippen LogP contribution is 2.40. The molecule has 3 aromatic rings. The summed E-state index contributed by atoms with van der Waals surface area (Å²) in [4.78, 5) is 23.7. The Morgan fingerprint density at radius 1 is 1.06 bits per heavy atom. The number of carbonyl (C=O) groups is 1. The van der Waals surface area contributed by atoms with Crippen molar-refractivity contribution < 1.29 is 18.3 Å². The molecule has 2 aromatic heterocycles. The molecule has 0 radical (unpaired) electrons. The summed E-state index contributed by atoms with van der Waals surface area (Å²) in [7, 11) is 0. The maximum absolute atomic E-state index is 14.4. The zero-order valence-corrected chi connectivity index (χ0v) is 19.1. The first-order chi connectivity index (χ1) is 17.0. The molecule has 1 spiro atoms. The van der Waals surface area contributed by atoms with Crippen LogP contribution in [0, 0.1) is 17.0 Å². The minimum atomic E-state index is -0.712. The molecule has 5 heterocycles. The Morgan fingerprint density at radius 3 is 2.54 bits per heavy atom. The lowest BCUT2D eigenvalue weighted by atomic mass is 9.78. The second kappa shape index (κ2) is 8.57.